The van der Waals surface area contributed by atoms with Crippen LogP contribution in [0.2, 0.25) is 0 Å². The van der Waals surface area contributed by atoms with Gasteiger partial charge >= 0.3 is 5.97 Å². The van der Waals surface area contributed by atoms with Crippen LogP contribution in [0.25, 0.3) is 0 Å². The van der Waals surface area contributed by atoms with Crippen LogP contribution < -0.4 is 0 Å². The van der Waals surface area contributed by atoms with Gasteiger partial charge in [0.05, 0.1) is 6.61 Å². The predicted molar refractivity (Wildman–Crippen MR) is 50.7 cm³/mol. The lowest BCUT2D eigenvalue weighted by atomic mass is 10.0. The van der Waals surface area contributed by atoms with Gasteiger partial charge in [0.1, 0.15) is 0 Å². The van der Waals surface area contributed by atoms with Gasteiger partial charge in [0.15, 0.2) is 0 Å². The normalized spacial score (nSPS) is 12.1. The van der Waals surface area contributed by atoms with E-state index in [0.717, 1.165) is 0 Å². The first-order valence-electron chi connectivity index (χ1n) is 4.44. The molecule has 0 saturated carbocycles. The number of likely N-dealkylation sites (N-methyl/N-ethyl adjacent to an activating group) is 1. The number of aliphatic hydroxyl groups is 1. The molecule has 0 saturated heterocycles. The molecule has 13 heavy (non-hydrogen) atoms. The average molecular weight is 189 g/mol. The lowest BCUT2D eigenvalue weighted by Crippen LogP contribution is -2.44. The largest absolute Gasteiger partial charge is 0.481 e. The van der Waals surface area contributed by atoms with Crippen LogP contribution in [-0.4, -0.2) is 46.8 Å². The van der Waals surface area contributed by atoms with Crippen molar-refractivity contribution >= 4 is 5.97 Å². The van der Waals surface area contributed by atoms with Crippen molar-refractivity contribution in [2.45, 2.75) is 32.2 Å². The molecule has 2 N–H and O–H groups in total. The zero-order valence-electron chi connectivity index (χ0n) is 8.58. The molecule has 0 spiro atoms. The Hall–Kier alpha value is -0.610. The van der Waals surface area contributed by atoms with E-state index in [1.807, 2.05) is 25.8 Å². The van der Waals surface area contributed by atoms with Crippen molar-refractivity contribution in [2.24, 2.45) is 0 Å². The van der Waals surface area contributed by atoms with Gasteiger partial charge in [-0.1, -0.05) is 0 Å². The van der Waals surface area contributed by atoms with Crippen molar-refractivity contribution in [3.05, 3.63) is 0 Å². The Morgan fingerprint density at radius 3 is 2.38 bits per heavy atom. The monoisotopic (exact) mass is 189 g/mol. The molecule has 0 aromatic carbocycles. The number of nitrogens with zero attached hydrogens (tertiary/aromatic N) is 1. The van der Waals surface area contributed by atoms with E-state index < -0.39 is 5.97 Å². The molecular formula is C9H19NO3. The number of carbonyl (C=O) groups is 1. The molecule has 0 fully saturated rings. The molecule has 0 atom stereocenters. The Morgan fingerprint density at radius 2 is 2.00 bits per heavy atom. The van der Waals surface area contributed by atoms with Crippen molar-refractivity contribution < 1.29 is 15.0 Å². The summed E-state index contributed by atoms with van der Waals surface area (Å²) >= 11 is 0. The van der Waals surface area contributed by atoms with Crippen molar-refractivity contribution in [3.8, 4) is 0 Å². The average Bonchev–Trinajstić information content (AvgIpc) is 2.03. The van der Waals surface area contributed by atoms with Gasteiger partial charge in [-0.2, -0.15) is 0 Å². The quantitative estimate of drug-likeness (QED) is 0.640. The van der Waals surface area contributed by atoms with Crippen molar-refractivity contribution in [3.63, 3.8) is 0 Å². The van der Waals surface area contributed by atoms with E-state index in [9.17, 15) is 4.79 Å². The molecule has 4 nitrogen and oxygen atoms in total. The van der Waals surface area contributed by atoms with Gasteiger partial charge in [-0.3, -0.25) is 9.69 Å². The van der Waals surface area contributed by atoms with Gasteiger partial charge in [0.25, 0.3) is 0 Å². The molecule has 0 aromatic rings. The topological polar surface area (TPSA) is 60.8 Å². The maximum absolute atomic E-state index is 10.2. The maximum atomic E-state index is 10.2. The predicted octanol–water partition coefficient (Wildman–Crippen LogP) is 0.554. The highest BCUT2D eigenvalue weighted by molar-refractivity contribution is 5.66. The molecule has 4 heteroatoms. The molecule has 0 rings (SSSR count). The fourth-order valence-corrected chi connectivity index (χ4v) is 0.891. The highest BCUT2D eigenvalue weighted by Crippen LogP contribution is 2.11. The second-order valence-electron chi connectivity index (χ2n) is 3.89. The summed E-state index contributed by atoms with van der Waals surface area (Å²) in [5.74, 6) is -0.768. The summed E-state index contributed by atoms with van der Waals surface area (Å²) in [4.78, 5) is 12.2. The number of rotatable bonds is 6. The van der Waals surface area contributed by atoms with Crippen LogP contribution in [0.15, 0.2) is 0 Å². The highest BCUT2D eigenvalue weighted by Gasteiger charge is 2.21. The summed E-state index contributed by atoms with van der Waals surface area (Å²) in [6.07, 6.45) is 0.807. The van der Waals surface area contributed by atoms with E-state index in [1.165, 1.54) is 0 Å². The Bertz CT molecular complexity index is 168. The Labute approximate surface area is 79.2 Å². The number of hydrogen-bond acceptors (Lipinski definition) is 3. The zero-order valence-corrected chi connectivity index (χ0v) is 8.58. The van der Waals surface area contributed by atoms with E-state index in [2.05, 4.69) is 0 Å². The lowest BCUT2D eigenvalue weighted by molar-refractivity contribution is -0.137. The molecule has 0 unspecified atom stereocenters. The summed E-state index contributed by atoms with van der Waals surface area (Å²) in [6.45, 7) is 4.62. The van der Waals surface area contributed by atoms with Gasteiger partial charge in [-0.15, -0.1) is 0 Å². The van der Waals surface area contributed by atoms with Gasteiger partial charge in [0, 0.05) is 12.0 Å². The highest BCUT2D eigenvalue weighted by atomic mass is 16.4. The number of hydrogen-bond donors (Lipinski definition) is 2. The van der Waals surface area contributed by atoms with E-state index >= 15 is 0 Å². The minimum atomic E-state index is -0.768. The summed E-state index contributed by atoms with van der Waals surface area (Å²) in [7, 11) is 1.89. The van der Waals surface area contributed by atoms with Crippen LogP contribution in [0.1, 0.15) is 26.7 Å². The Morgan fingerprint density at radius 1 is 1.46 bits per heavy atom. The molecule has 0 bridgehead atoms. The smallest absolute Gasteiger partial charge is 0.303 e. The standard InChI is InChI=1S/C9H19NO3/c1-9(2,7-11)10(3)6-4-5-8(12)13/h11H,4-7H2,1-3H3,(H,12,13). The molecule has 0 aromatic heterocycles. The van der Waals surface area contributed by atoms with Gasteiger partial charge in [0.2, 0.25) is 0 Å². The third kappa shape index (κ3) is 4.85. The number of carboxylic acids is 1. The second kappa shape index (κ2) is 5.19. The summed E-state index contributed by atoms with van der Waals surface area (Å²) in [6, 6.07) is 0. The molecule has 0 heterocycles. The molecule has 0 aliphatic rings. The first-order chi connectivity index (χ1) is 5.90. The third-order valence-corrected chi connectivity index (χ3v) is 2.30. The molecule has 0 aliphatic heterocycles. The van der Waals surface area contributed by atoms with Gasteiger partial charge in [-0.25, -0.2) is 0 Å². The fourth-order valence-electron chi connectivity index (χ4n) is 0.891. The van der Waals surface area contributed by atoms with Crippen LogP contribution >= 0.6 is 0 Å². The van der Waals surface area contributed by atoms with E-state index in [-0.39, 0.29) is 18.6 Å². The summed E-state index contributed by atoms with van der Waals surface area (Å²) in [5, 5.41) is 17.4. The van der Waals surface area contributed by atoms with Crippen molar-refractivity contribution in [1.29, 1.82) is 0 Å². The third-order valence-electron chi connectivity index (χ3n) is 2.30. The number of carboxylic acid groups (broad SMARTS) is 1. The van der Waals surface area contributed by atoms with E-state index in [4.69, 9.17) is 10.2 Å². The Balaban J connectivity index is 3.74. The second-order valence-corrected chi connectivity index (χ2v) is 3.89. The SMILES string of the molecule is CN(CCCC(=O)O)C(C)(C)CO. The van der Waals surface area contributed by atoms with Crippen LogP contribution in [0.4, 0.5) is 0 Å². The minimum Gasteiger partial charge on any atom is -0.481 e. The summed E-state index contributed by atoms with van der Waals surface area (Å²) in [5.41, 5.74) is -0.265. The lowest BCUT2D eigenvalue weighted by Gasteiger charge is -2.33. The van der Waals surface area contributed by atoms with Crippen LogP contribution in [0.5, 0.6) is 0 Å². The molecule has 0 aliphatic carbocycles. The van der Waals surface area contributed by atoms with E-state index in [0.29, 0.717) is 13.0 Å². The minimum absolute atomic E-state index is 0.0799. The van der Waals surface area contributed by atoms with Gasteiger partial charge < -0.3 is 10.2 Å². The first-order valence-corrected chi connectivity index (χ1v) is 4.44. The van der Waals surface area contributed by atoms with Gasteiger partial charge in [-0.05, 0) is 33.9 Å². The number of aliphatic carboxylic acids is 1. The van der Waals surface area contributed by atoms with Crippen LogP contribution in [0.3, 0.4) is 0 Å². The summed E-state index contributed by atoms with van der Waals surface area (Å²) < 4.78 is 0. The molecule has 0 radical (unpaired) electrons. The van der Waals surface area contributed by atoms with E-state index in [1.54, 1.807) is 0 Å². The van der Waals surface area contributed by atoms with Crippen LogP contribution in [0, 0.1) is 0 Å². The van der Waals surface area contributed by atoms with Crippen molar-refractivity contribution in [1.82, 2.24) is 4.90 Å². The van der Waals surface area contributed by atoms with Crippen molar-refractivity contribution in [2.75, 3.05) is 20.2 Å². The maximum Gasteiger partial charge on any atom is 0.303 e. The molecule has 78 valence electrons. The number of aliphatic hydroxyl groups excluding tert-OH is 1. The molecular weight excluding hydrogens is 170 g/mol. The fraction of sp³-hybridized carbons (Fsp3) is 0.889. The van der Waals surface area contributed by atoms with Crippen LogP contribution in [-0.2, 0) is 4.79 Å². The molecule has 0 amide bonds. The zero-order chi connectivity index (χ0) is 10.5. The first kappa shape index (κ1) is 12.4. The Kier molecular flexibility index (Phi) is 4.95.